The van der Waals surface area contributed by atoms with E-state index in [0.717, 1.165) is 12.2 Å². The van der Waals surface area contributed by atoms with E-state index in [1.807, 2.05) is 0 Å². The highest BCUT2D eigenvalue weighted by Gasteiger charge is 2.36. The van der Waals surface area contributed by atoms with E-state index < -0.39 is 31.7 Å². The molecule has 0 bridgehead atoms. The third-order valence-corrected chi connectivity index (χ3v) is 6.55. The molecule has 0 spiro atoms. The molecule has 0 fully saturated rings. The van der Waals surface area contributed by atoms with Gasteiger partial charge >= 0.3 is 19.5 Å². The smallest absolute Gasteiger partial charge is 0.365 e. The van der Waals surface area contributed by atoms with Crippen molar-refractivity contribution in [2.45, 2.75) is 39.9 Å². The Morgan fingerprint density at radius 3 is 2.00 bits per heavy atom. The minimum atomic E-state index is -4.02. The summed E-state index contributed by atoms with van der Waals surface area (Å²) in [6.45, 7) is 13.6. The first-order chi connectivity index (χ1) is 14.5. The monoisotopic (exact) mass is 510 g/mol. The van der Waals surface area contributed by atoms with Crippen LogP contribution in [0.25, 0.3) is 10.8 Å². The predicted molar refractivity (Wildman–Crippen MR) is 123 cm³/mol. The van der Waals surface area contributed by atoms with Crippen molar-refractivity contribution in [3.8, 4) is 11.5 Å². The third-order valence-electron chi connectivity index (χ3n) is 3.73. The van der Waals surface area contributed by atoms with Crippen LogP contribution in [0, 0.1) is 0 Å². The molecule has 9 heteroatoms. The number of halogens is 1. The SMILES string of the molecule is C=CC(=O)Oc1cc(P(=O)(OC(C)C)OC(C)C)c(OC(=O)C=C)c2ccc(Br)cc12. The number of fused-ring (bicyclic) bond motifs is 1. The Morgan fingerprint density at radius 1 is 0.935 bits per heavy atom. The molecule has 2 aromatic carbocycles. The fourth-order valence-electron chi connectivity index (χ4n) is 2.70. The number of hydrogen-bond donors (Lipinski definition) is 0. The molecule has 0 N–H and O–H groups in total. The molecule has 2 rings (SSSR count). The van der Waals surface area contributed by atoms with E-state index in [0.29, 0.717) is 15.2 Å². The summed E-state index contributed by atoms with van der Waals surface area (Å²) in [5, 5.41) is 0.746. The normalized spacial score (nSPS) is 11.6. The molecule has 0 saturated heterocycles. The van der Waals surface area contributed by atoms with E-state index in [1.165, 1.54) is 6.07 Å². The molecule has 0 atom stereocenters. The Hall–Kier alpha value is -2.25. The molecule has 31 heavy (non-hydrogen) atoms. The largest absolute Gasteiger partial charge is 0.423 e. The van der Waals surface area contributed by atoms with Gasteiger partial charge in [-0.2, -0.15) is 0 Å². The summed E-state index contributed by atoms with van der Waals surface area (Å²) in [5.74, 6) is -1.43. The fraction of sp³-hybridized carbons (Fsp3) is 0.273. The summed E-state index contributed by atoms with van der Waals surface area (Å²) >= 11 is 3.37. The second-order valence-electron chi connectivity index (χ2n) is 6.97. The molecule has 0 saturated carbocycles. The van der Waals surface area contributed by atoms with Crippen molar-refractivity contribution >= 4 is 51.5 Å². The lowest BCUT2D eigenvalue weighted by molar-refractivity contribution is -0.129. The number of ether oxygens (including phenoxy) is 2. The van der Waals surface area contributed by atoms with Crippen LogP contribution < -0.4 is 14.8 Å². The molecule has 0 radical (unpaired) electrons. The van der Waals surface area contributed by atoms with Gasteiger partial charge in [0.25, 0.3) is 0 Å². The molecule has 166 valence electrons. The predicted octanol–water partition coefficient (Wildman–Crippen LogP) is 5.45. The summed E-state index contributed by atoms with van der Waals surface area (Å²) in [6, 6.07) is 6.34. The highest BCUT2D eigenvalue weighted by atomic mass is 79.9. The summed E-state index contributed by atoms with van der Waals surface area (Å²) in [5.41, 5.74) is 0. The van der Waals surface area contributed by atoms with Gasteiger partial charge in [0.15, 0.2) is 5.75 Å². The van der Waals surface area contributed by atoms with Crippen LogP contribution in [0.15, 0.2) is 54.0 Å². The maximum atomic E-state index is 13.9. The van der Waals surface area contributed by atoms with E-state index in [4.69, 9.17) is 18.5 Å². The average molecular weight is 511 g/mol. The number of benzene rings is 2. The fourth-order valence-corrected chi connectivity index (χ4v) is 5.14. The Morgan fingerprint density at radius 2 is 1.48 bits per heavy atom. The van der Waals surface area contributed by atoms with Crippen molar-refractivity contribution in [2.75, 3.05) is 0 Å². The third kappa shape index (κ3) is 6.14. The van der Waals surface area contributed by atoms with Crippen molar-refractivity contribution in [2.24, 2.45) is 0 Å². The first-order valence-electron chi connectivity index (χ1n) is 9.43. The van der Waals surface area contributed by atoms with Crippen LogP contribution in [0.3, 0.4) is 0 Å². The second-order valence-corrected chi connectivity index (χ2v) is 9.78. The Bertz CT molecular complexity index is 1060. The van der Waals surface area contributed by atoms with Gasteiger partial charge in [-0.05, 0) is 45.9 Å². The van der Waals surface area contributed by atoms with Crippen LogP contribution in [-0.4, -0.2) is 24.1 Å². The Kier molecular flexibility index (Phi) is 8.37. The lowest BCUT2D eigenvalue weighted by Gasteiger charge is -2.25. The zero-order valence-corrected chi connectivity index (χ0v) is 20.2. The molecule has 0 aliphatic heterocycles. The van der Waals surface area contributed by atoms with Crippen LogP contribution in [0.4, 0.5) is 0 Å². The van der Waals surface area contributed by atoms with Crippen molar-refractivity contribution in [3.63, 3.8) is 0 Å². The van der Waals surface area contributed by atoms with Gasteiger partial charge in [0, 0.05) is 33.5 Å². The number of rotatable bonds is 9. The van der Waals surface area contributed by atoms with Gasteiger partial charge in [0.1, 0.15) is 11.1 Å². The Labute approximate surface area is 189 Å². The van der Waals surface area contributed by atoms with Gasteiger partial charge in [-0.1, -0.05) is 29.1 Å². The van der Waals surface area contributed by atoms with Gasteiger partial charge in [0.2, 0.25) is 0 Å². The van der Waals surface area contributed by atoms with Crippen LogP contribution in [-0.2, 0) is 23.2 Å². The molecule has 0 amide bonds. The molecule has 0 aromatic heterocycles. The standard InChI is InChI=1S/C22H24BrO7P/c1-7-20(24)27-18-12-19(31(26,29-13(3)4)30-14(5)6)22(28-21(25)8-2)16-10-9-15(23)11-17(16)18/h7-14H,1-2H2,3-6H3. The van der Waals surface area contributed by atoms with Gasteiger partial charge in [-0.25, -0.2) is 9.59 Å². The number of esters is 2. The molecule has 0 aliphatic carbocycles. The lowest BCUT2D eigenvalue weighted by atomic mass is 10.1. The van der Waals surface area contributed by atoms with Crippen molar-refractivity contribution in [1.82, 2.24) is 0 Å². The highest BCUT2D eigenvalue weighted by Crippen LogP contribution is 2.54. The summed E-state index contributed by atoms with van der Waals surface area (Å²) < 4.78 is 36.9. The van der Waals surface area contributed by atoms with Crippen molar-refractivity contribution in [3.05, 3.63) is 54.0 Å². The van der Waals surface area contributed by atoms with E-state index in [-0.39, 0.29) is 16.8 Å². The second kappa shape index (κ2) is 10.4. The molecular formula is C22H24BrO7P. The summed E-state index contributed by atoms with van der Waals surface area (Å²) in [6.07, 6.45) is 1.03. The van der Waals surface area contributed by atoms with Crippen LogP contribution in [0.2, 0.25) is 0 Å². The molecule has 0 unspecified atom stereocenters. The van der Waals surface area contributed by atoms with E-state index in [2.05, 4.69) is 29.1 Å². The van der Waals surface area contributed by atoms with Crippen molar-refractivity contribution < 1.29 is 32.7 Å². The molecule has 2 aromatic rings. The Balaban J connectivity index is 2.95. The van der Waals surface area contributed by atoms with Crippen molar-refractivity contribution in [1.29, 1.82) is 0 Å². The lowest BCUT2D eigenvalue weighted by Crippen LogP contribution is -2.21. The maximum absolute atomic E-state index is 13.9. The van der Waals surface area contributed by atoms with Gasteiger partial charge in [-0.15, -0.1) is 0 Å². The number of hydrogen-bond acceptors (Lipinski definition) is 7. The van der Waals surface area contributed by atoms with E-state index in [9.17, 15) is 14.2 Å². The molecule has 7 nitrogen and oxygen atoms in total. The van der Waals surface area contributed by atoms with Crippen LogP contribution in [0.5, 0.6) is 11.5 Å². The first kappa shape index (κ1) is 25.0. The number of carbonyl (C=O) groups excluding carboxylic acids is 2. The maximum Gasteiger partial charge on any atom is 0.365 e. The van der Waals surface area contributed by atoms with E-state index >= 15 is 0 Å². The minimum Gasteiger partial charge on any atom is -0.423 e. The minimum absolute atomic E-state index is 0.0320. The van der Waals surface area contributed by atoms with Gasteiger partial charge in [0.05, 0.1) is 12.2 Å². The number of carbonyl (C=O) groups is 2. The van der Waals surface area contributed by atoms with Crippen LogP contribution in [0.1, 0.15) is 27.7 Å². The molecule has 0 aliphatic rings. The quantitative estimate of drug-likeness (QED) is 0.191. The first-order valence-corrected chi connectivity index (χ1v) is 11.8. The zero-order chi connectivity index (χ0) is 23.3. The summed E-state index contributed by atoms with van der Waals surface area (Å²) in [7, 11) is -4.02. The summed E-state index contributed by atoms with van der Waals surface area (Å²) in [4.78, 5) is 24.1. The average Bonchev–Trinajstić information content (AvgIpc) is 2.67. The zero-order valence-electron chi connectivity index (χ0n) is 17.7. The topological polar surface area (TPSA) is 88.1 Å². The van der Waals surface area contributed by atoms with Gasteiger partial charge < -0.3 is 18.5 Å². The highest BCUT2D eigenvalue weighted by molar-refractivity contribution is 9.10. The van der Waals surface area contributed by atoms with E-state index in [1.54, 1.807) is 45.9 Å². The molecule has 0 heterocycles. The van der Waals surface area contributed by atoms with Crippen LogP contribution >= 0.6 is 23.5 Å². The van der Waals surface area contributed by atoms with Gasteiger partial charge in [-0.3, -0.25) is 4.57 Å². The molecular weight excluding hydrogens is 487 g/mol.